The molecular weight excluding hydrogens is 359 g/mol. The third-order valence-corrected chi connectivity index (χ3v) is 5.97. The van der Waals surface area contributed by atoms with Gasteiger partial charge in [0, 0.05) is 31.3 Å². The summed E-state index contributed by atoms with van der Waals surface area (Å²) in [7, 11) is -3.74. The first-order chi connectivity index (χ1) is 12.4. The summed E-state index contributed by atoms with van der Waals surface area (Å²) < 4.78 is 46.6. The number of hydrogen-bond acceptors (Lipinski definition) is 4. The SMILES string of the molecule is CC(=O)Nc1ccc(S(=O)(=O)N2CCOC(c3ccccc3F)C2)cc1. The molecule has 8 heteroatoms. The molecule has 0 saturated carbocycles. The summed E-state index contributed by atoms with van der Waals surface area (Å²) >= 11 is 0. The Balaban J connectivity index is 1.80. The summed E-state index contributed by atoms with van der Waals surface area (Å²) in [4.78, 5) is 11.2. The number of carbonyl (C=O) groups excluding carboxylic acids is 1. The monoisotopic (exact) mass is 378 g/mol. The van der Waals surface area contributed by atoms with E-state index < -0.39 is 21.9 Å². The number of halogens is 1. The van der Waals surface area contributed by atoms with Crippen LogP contribution in [0, 0.1) is 5.82 Å². The van der Waals surface area contributed by atoms with Gasteiger partial charge in [0.05, 0.1) is 17.6 Å². The van der Waals surface area contributed by atoms with Crippen molar-refractivity contribution in [3.8, 4) is 0 Å². The van der Waals surface area contributed by atoms with Crippen molar-refractivity contribution >= 4 is 21.6 Å². The lowest BCUT2D eigenvalue weighted by molar-refractivity contribution is -0.114. The average molecular weight is 378 g/mol. The lowest BCUT2D eigenvalue weighted by Gasteiger charge is -2.32. The quantitative estimate of drug-likeness (QED) is 0.887. The Kier molecular flexibility index (Phi) is 5.36. The average Bonchev–Trinajstić information content (AvgIpc) is 2.62. The van der Waals surface area contributed by atoms with E-state index in [4.69, 9.17) is 4.74 Å². The molecule has 26 heavy (non-hydrogen) atoms. The summed E-state index contributed by atoms with van der Waals surface area (Å²) in [5.74, 6) is -0.655. The van der Waals surface area contributed by atoms with Crippen LogP contribution in [0.2, 0.25) is 0 Å². The van der Waals surface area contributed by atoms with Gasteiger partial charge in [-0.15, -0.1) is 0 Å². The van der Waals surface area contributed by atoms with Crippen LogP contribution in [0.4, 0.5) is 10.1 Å². The van der Waals surface area contributed by atoms with Crippen LogP contribution in [0.15, 0.2) is 53.4 Å². The first kappa shape index (κ1) is 18.5. The number of amides is 1. The molecule has 1 aliphatic rings. The minimum absolute atomic E-state index is 0.0384. The molecule has 138 valence electrons. The van der Waals surface area contributed by atoms with Crippen LogP contribution in [0.5, 0.6) is 0 Å². The Morgan fingerprint density at radius 3 is 2.54 bits per heavy atom. The Morgan fingerprint density at radius 2 is 1.88 bits per heavy atom. The van der Waals surface area contributed by atoms with Gasteiger partial charge in [0.2, 0.25) is 15.9 Å². The van der Waals surface area contributed by atoms with E-state index in [-0.39, 0.29) is 30.5 Å². The molecule has 0 bridgehead atoms. The number of carbonyl (C=O) groups is 1. The maximum absolute atomic E-state index is 14.0. The van der Waals surface area contributed by atoms with Gasteiger partial charge in [0.25, 0.3) is 0 Å². The maximum atomic E-state index is 14.0. The largest absolute Gasteiger partial charge is 0.371 e. The zero-order chi connectivity index (χ0) is 18.7. The van der Waals surface area contributed by atoms with Crippen molar-refractivity contribution in [2.75, 3.05) is 25.0 Å². The van der Waals surface area contributed by atoms with E-state index in [0.717, 1.165) is 0 Å². The van der Waals surface area contributed by atoms with E-state index in [1.165, 1.54) is 41.6 Å². The molecule has 0 radical (unpaired) electrons. The van der Waals surface area contributed by atoms with Crippen molar-refractivity contribution in [3.05, 3.63) is 59.9 Å². The van der Waals surface area contributed by atoms with Gasteiger partial charge in [-0.1, -0.05) is 18.2 Å². The summed E-state index contributed by atoms with van der Waals surface area (Å²) in [5, 5.41) is 2.59. The molecule has 6 nitrogen and oxygen atoms in total. The van der Waals surface area contributed by atoms with Crippen LogP contribution in [0.25, 0.3) is 0 Å². The van der Waals surface area contributed by atoms with Gasteiger partial charge in [-0.2, -0.15) is 4.31 Å². The van der Waals surface area contributed by atoms with Crippen LogP contribution in [0.3, 0.4) is 0 Å². The van der Waals surface area contributed by atoms with Crippen molar-refractivity contribution in [3.63, 3.8) is 0 Å². The number of hydrogen-bond donors (Lipinski definition) is 1. The number of ether oxygens (including phenoxy) is 1. The number of sulfonamides is 1. The Hall–Kier alpha value is -2.29. The van der Waals surface area contributed by atoms with E-state index in [1.807, 2.05) is 0 Å². The molecule has 0 spiro atoms. The molecule has 1 N–H and O–H groups in total. The first-order valence-corrected chi connectivity index (χ1v) is 9.56. The molecule has 2 aromatic carbocycles. The van der Waals surface area contributed by atoms with Crippen molar-refractivity contribution in [1.29, 1.82) is 0 Å². The van der Waals surface area contributed by atoms with Gasteiger partial charge in [-0.25, -0.2) is 12.8 Å². The summed E-state index contributed by atoms with van der Waals surface area (Å²) in [6.45, 7) is 1.79. The molecule has 1 amide bonds. The number of rotatable bonds is 4. The summed E-state index contributed by atoms with van der Waals surface area (Å²) in [5.41, 5.74) is 0.857. The summed E-state index contributed by atoms with van der Waals surface area (Å²) in [6.07, 6.45) is -0.654. The van der Waals surface area contributed by atoms with Crippen LogP contribution in [0.1, 0.15) is 18.6 Å². The van der Waals surface area contributed by atoms with Crippen LogP contribution in [-0.4, -0.2) is 38.3 Å². The summed E-state index contributed by atoms with van der Waals surface area (Å²) in [6, 6.07) is 12.1. The second-order valence-corrected chi connectivity index (χ2v) is 7.89. The molecule has 0 aliphatic carbocycles. The normalized spacial score (nSPS) is 18.5. The molecular formula is C18H19FN2O4S. The second-order valence-electron chi connectivity index (χ2n) is 5.95. The molecule has 1 saturated heterocycles. The zero-order valence-electron chi connectivity index (χ0n) is 14.2. The topological polar surface area (TPSA) is 75.7 Å². The van der Waals surface area contributed by atoms with E-state index in [9.17, 15) is 17.6 Å². The van der Waals surface area contributed by atoms with E-state index in [1.54, 1.807) is 18.2 Å². The van der Waals surface area contributed by atoms with Gasteiger partial charge in [-0.05, 0) is 30.3 Å². The fraction of sp³-hybridized carbons (Fsp3) is 0.278. The van der Waals surface area contributed by atoms with E-state index in [2.05, 4.69) is 5.32 Å². The van der Waals surface area contributed by atoms with Gasteiger partial charge in [0.1, 0.15) is 5.82 Å². The third-order valence-electron chi connectivity index (χ3n) is 4.09. The molecule has 1 atom stereocenters. The lowest BCUT2D eigenvalue weighted by atomic mass is 10.1. The zero-order valence-corrected chi connectivity index (χ0v) is 15.0. The van der Waals surface area contributed by atoms with E-state index >= 15 is 0 Å². The van der Waals surface area contributed by atoms with Gasteiger partial charge in [-0.3, -0.25) is 4.79 Å². The minimum atomic E-state index is -3.74. The van der Waals surface area contributed by atoms with Crippen molar-refractivity contribution in [2.45, 2.75) is 17.9 Å². The highest BCUT2D eigenvalue weighted by molar-refractivity contribution is 7.89. The number of anilines is 1. The highest BCUT2D eigenvalue weighted by Crippen LogP contribution is 2.28. The Labute approximate surface area is 151 Å². The Bertz CT molecular complexity index is 900. The van der Waals surface area contributed by atoms with Crippen LogP contribution >= 0.6 is 0 Å². The first-order valence-electron chi connectivity index (χ1n) is 8.12. The molecule has 1 unspecified atom stereocenters. The molecule has 2 aromatic rings. The van der Waals surface area contributed by atoms with Crippen LogP contribution in [-0.2, 0) is 19.6 Å². The molecule has 1 aliphatic heterocycles. The fourth-order valence-electron chi connectivity index (χ4n) is 2.83. The fourth-order valence-corrected chi connectivity index (χ4v) is 4.26. The maximum Gasteiger partial charge on any atom is 0.243 e. The van der Waals surface area contributed by atoms with E-state index in [0.29, 0.717) is 11.3 Å². The highest BCUT2D eigenvalue weighted by Gasteiger charge is 2.32. The predicted molar refractivity (Wildman–Crippen MR) is 94.6 cm³/mol. The Morgan fingerprint density at radius 1 is 1.19 bits per heavy atom. The van der Waals surface area contributed by atoms with Crippen molar-refractivity contribution < 1.29 is 22.3 Å². The molecule has 1 fully saturated rings. The second kappa shape index (κ2) is 7.53. The number of nitrogens with one attached hydrogen (secondary N) is 1. The smallest absolute Gasteiger partial charge is 0.243 e. The minimum Gasteiger partial charge on any atom is -0.371 e. The third kappa shape index (κ3) is 3.92. The van der Waals surface area contributed by atoms with Gasteiger partial charge < -0.3 is 10.1 Å². The predicted octanol–water partition coefficient (Wildman–Crippen LogP) is 2.55. The number of benzene rings is 2. The lowest BCUT2D eigenvalue weighted by Crippen LogP contribution is -2.42. The van der Waals surface area contributed by atoms with Gasteiger partial charge in [0.15, 0.2) is 0 Å². The molecule has 3 rings (SSSR count). The number of morpholine rings is 1. The molecule has 0 aromatic heterocycles. The standard InChI is InChI=1S/C18H19FN2O4S/c1-13(22)20-14-6-8-15(9-7-14)26(23,24)21-10-11-25-18(12-21)16-4-2-3-5-17(16)19/h2-9,18H,10-12H2,1H3,(H,20,22). The highest BCUT2D eigenvalue weighted by atomic mass is 32.2. The number of nitrogens with zero attached hydrogens (tertiary/aromatic N) is 1. The van der Waals surface area contributed by atoms with Crippen molar-refractivity contribution in [1.82, 2.24) is 4.31 Å². The molecule has 1 heterocycles. The van der Waals surface area contributed by atoms with Gasteiger partial charge >= 0.3 is 0 Å². The van der Waals surface area contributed by atoms with Crippen LogP contribution < -0.4 is 5.32 Å². The van der Waals surface area contributed by atoms with Crippen molar-refractivity contribution in [2.24, 2.45) is 0 Å².